The molecule has 1 aliphatic rings. The van der Waals surface area contributed by atoms with Crippen LogP contribution in [0.3, 0.4) is 0 Å². The van der Waals surface area contributed by atoms with E-state index in [4.69, 9.17) is 27.9 Å². The van der Waals surface area contributed by atoms with Gasteiger partial charge in [-0.15, -0.1) is 0 Å². The molecule has 0 amide bonds. The zero-order chi connectivity index (χ0) is 9.97. The minimum Gasteiger partial charge on any atom is -0.381 e. The molecule has 76 valence electrons. The topological polar surface area (TPSA) is 22.1 Å². The highest BCUT2D eigenvalue weighted by Crippen LogP contribution is 2.29. The fourth-order valence-electron chi connectivity index (χ4n) is 1.75. The lowest BCUT2D eigenvalue weighted by molar-refractivity contribution is 0.0853. The molecule has 1 saturated heterocycles. The van der Waals surface area contributed by atoms with Crippen LogP contribution >= 0.6 is 23.2 Å². The van der Waals surface area contributed by atoms with Crippen molar-refractivity contribution < 1.29 is 4.74 Å². The highest BCUT2D eigenvalue weighted by molar-refractivity contribution is 6.32. The Bertz CT molecular complexity index is 304. The molecular weight excluding hydrogens is 221 g/mol. The van der Waals surface area contributed by atoms with E-state index in [1.807, 2.05) is 12.1 Å². The van der Waals surface area contributed by atoms with Crippen LogP contribution in [0.1, 0.15) is 24.3 Å². The predicted octanol–water partition coefficient (Wildman–Crippen LogP) is 3.28. The highest BCUT2D eigenvalue weighted by atomic mass is 35.5. The van der Waals surface area contributed by atoms with Gasteiger partial charge in [-0.3, -0.25) is 0 Å². The van der Waals surface area contributed by atoms with E-state index >= 15 is 0 Å². The molecule has 1 aromatic rings. The number of hydrogen-bond acceptors (Lipinski definition) is 2. The summed E-state index contributed by atoms with van der Waals surface area (Å²) in [4.78, 5) is 3.93. The zero-order valence-electron chi connectivity index (χ0n) is 7.67. The van der Waals surface area contributed by atoms with Crippen molar-refractivity contribution in [1.82, 2.24) is 4.98 Å². The Morgan fingerprint density at radius 3 is 2.29 bits per heavy atom. The second-order valence-electron chi connectivity index (χ2n) is 3.43. The molecule has 4 heteroatoms. The normalized spacial score (nSPS) is 18.4. The Balaban J connectivity index is 2.21. The molecule has 2 nitrogen and oxygen atoms in total. The first-order valence-corrected chi connectivity index (χ1v) is 5.42. The van der Waals surface area contributed by atoms with E-state index in [0.29, 0.717) is 16.2 Å². The Kier molecular flexibility index (Phi) is 3.26. The van der Waals surface area contributed by atoms with E-state index in [-0.39, 0.29) is 0 Å². The average molecular weight is 232 g/mol. The summed E-state index contributed by atoms with van der Waals surface area (Å²) < 4.78 is 5.30. The molecule has 0 radical (unpaired) electrons. The zero-order valence-corrected chi connectivity index (χ0v) is 9.18. The first-order chi connectivity index (χ1) is 6.75. The van der Waals surface area contributed by atoms with E-state index in [2.05, 4.69) is 4.98 Å². The maximum absolute atomic E-state index is 5.84. The molecule has 0 aliphatic carbocycles. The van der Waals surface area contributed by atoms with Gasteiger partial charge < -0.3 is 4.74 Å². The highest BCUT2D eigenvalue weighted by Gasteiger charge is 2.16. The summed E-state index contributed by atoms with van der Waals surface area (Å²) in [5.74, 6) is 0.516. The van der Waals surface area contributed by atoms with Crippen molar-refractivity contribution in [2.45, 2.75) is 18.8 Å². The third-order valence-corrected chi connectivity index (χ3v) is 2.87. The van der Waals surface area contributed by atoms with Crippen molar-refractivity contribution >= 4 is 23.2 Å². The van der Waals surface area contributed by atoms with E-state index < -0.39 is 0 Å². The Morgan fingerprint density at radius 2 is 1.71 bits per heavy atom. The molecule has 0 aromatic carbocycles. The van der Waals surface area contributed by atoms with Crippen LogP contribution < -0.4 is 0 Å². The van der Waals surface area contributed by atoms with Gasteiger partial charge in [0, 0.05) is 13.2 Å². The molecule has 0 unspecified atom stereocenters. The van der Waals surface area contributed by atoms with Gasteiger partial charge in [-0.25, -0.2) is 4.98 Å². The van der Waals surface area contributed by atoms with Crippen molar-refractivity contribution in [2.24, 2.45) is 0 Å². The van der Waals surface area contributed by atoms with Gasteiger partial charge in [-0.1, -0.05) is 23.2 Å². The van der Waals surface area contributed by atoms with Gasteiger partial charge in [-0.05, 0) is 36.5 Å². The molecular formula is C10H11Cl2NO. The number of ether oxygens (including phenoxy) is 1. The van der Waals surface area contributed by atoms with Gasteiger partial charge in [0.15, 0.2) is 0 Å². The second kappa shape index (κ2) is 4.47. The lowest BCUT2D eigenvalue weighted by Crippen LogP contribution is -2.14. The van der Waals surface area contributed by atoms with Gasteiger partial charge in [0.05, 0.1) is 0 Å². The van der Waals surface area contributed by atoms with Crippen molar-refractivity contribution in [3.05, 3.63) is 28.0 Å². The van der Waals surface area contributed by atoms with E-state index in [1.165, 1.54) is 5.56 Å². The third-order valence-electron chi connectivity index (χ3n) is 2.48. The smallest absolute Gasteiger partial charge is 0.131 e. The molecule has 1 aliphatic heterocycles. The number of pyridine rings is 1. The first kappa shape index (κ1) is 10.2. The molecule has 2 rings (SSSR count). The first-order valence-electron chi connectivity index (χ1n) is 4.66. The van der Waals surface area contributed by atoms with Crippen molar-refractivity contribution in [3.63, 3.8) is 0 Å². The Hall–Kier alpha value is -0.310. The maximum atomic E-state index is 5.84. The number of halogens is 2. The Morgan fingerprint density at radius 1 is 1.14 bits per heavy atom. The minimum atomic E-state index is 0.471. The summed E-state index contributed by atoms with van der Waals surface area (Å²) >= 11 is 11.7. The quantitative estimate of drug-likeness (QED) is 0.693. The van der Waals surface area contributed by atoms with Crippen LogP contribution in [0.4, 0.5) is 0 Å². The maximum Gasteiger partial charge on any atom is 0.131 e. The lowest BCUT2D eigenvalue weighted by Gasteiger charge is -2.22. The molecule has 0 atom stereocenters. The average Bonchev–Trinajstić information content (AvgIpc) is 2.18. The van der Waals surface area contributed by atoms with Crippen LogP contribution in [0.5, 0.6) is 0 Å². The molecule has 1 aromatic heterocycles. The van der Waals surface area contributed by atoms with Crippen LogP contribution in [-0.4, -0.2) is 18.2 Å². The van der Waals surface area contributed by atoms with E-state index in [0.717, 1.165) is 26.1 Å². The monoisotopic (exact) mass is 231 g/mol. The van der Waals surface area contributed by atoms with Gasteiger partial charge in [0.1, 0.15) is 10.3 Å². The standard InChI is InChI=1S/C10H11Cl2NO/c11-9-5-8(6-10(12)13-9)7-1-3-14-4-2-7/h5-7H,1-4H2. The van der Waals surface area contributed by atoms with Crippen LogP contribution in [-0.2, 0) is 4.74 Å². The van der Waals surface area contributed by atoms with Crippen molar-refractivity contribution in [3.8, 4) is 0 Å². The van der Waals surface area contributed by atoms with Gasteiger partial charge in [-0.2, -0.15) is 0 Å². The SMILES string of the molecule is Clc1cc(C2CCOCC2)cc(Cl)n1. The fourth-order valence-corrected chi connectivity index (χ4v) is 2.23. The van der Waals surface area contributed by atoms with E-state index in [1.54, 1.807) is 0 Å². The molecule has 14 heavy (non-hydrogen) atoms. The van der Waals surface area contributed by atoms with E-state index in [9.17, 15) is 0 Å². The number of nitrogens with zero attached hydrogens (tertiary/aromatic N) is 1. The van der Waals surface area contributed by atoms with Crippen LogP contribution in [0.2, 0.25) is 10.3 Å². The predicted molar refractivity (Wildman–Crippen MR) is 57.1 cm³/mol. The van der Waals surface area contributed by atoms with Gasteiger partial charge in [0.2, 0.25) is 0 Å². The van der Waals surface area contributed by atoms with Gasteiger partial charge >= 0.3 is 0 Å². The third kappa shape index (κ3) is 2.38. The molecule has 0 N–H and O–H groups in total. The summed E-state index contributed by atoms with van der Waals surface area (Å²) in [7, 11) is 0. The largest absolute Gasteiger partial charge is 0.381 e. The van der Waals surface area contributed by atoms with Crippen LogP contribution in [0, 0.1) is 0 Å². The lowest BCUT2D eigenvalue weighted by atomic mass is 9.93. The summed E-state index contributed by atoms with van der Waals surface area (Å²) in [5.41, 5.74) is 1.18. The number of rotatable bonds is 1. The van der Waals surface area contributed by atoms with Gasteiger partial charge in [0.25, 0.3) is 0 Å². The minimum absolute atomic E-state index is 0.471. The fraction of sp³-hybridized carbons (Fsp3) is 0.500. The molecule has 0 spiro atoms. The Labute approximate surface area is 93.2 Å². The van der Waals surface area contributed by atoms with Crippen LogP contribution in [0.25, 0.3) is 0 Å². The summed E-state index contributed by atoms with van der Waals surface area (Å²) in [6, 6.07) is 3.78. The number of hydrogen-bond donors (Lipinski definition) is 0. The van der Waals surface area contributed by atoms with Crippen molar-refractivity contribution in [2.75, 3.05) is 13.2 Å². The molecule has 2 heterocycles. The summed E-state index contributed by atoms with van der Waals surface area (Å²) in [6.45, 7) is 1.64. The molecule has 0 saturated carbocycles. The second-order valence-corrected chi connectivity index (χ2v) is 4.21. The number of aromatic nitrogens is 1. The molecule has 1 fully saturated rings. The molecule has 0 bridgehead atoms. The summed E-state index contributed by atoms with van der Waals surface area (Å²) in [5, 5.41) is 0.943. The van der Waals surface area contributed by atoms with Crippen LogP contribution in [0.15, 0.2) is 12.1 Å². The van der Waals surface area contributed by atoms with Crippen molar-refractivity contribution in [1.29, 1.82) is 0 Å². The summed E-state index contributed by atoms with van der Waals surface area (Å²) in [6.07, 6.45) is 2.08.